The third-order valence-electron chi connectivity index (χ3n) is 2.99. The van der Waals surface area contributed by atoms with Crippen molar-refractivity contribution in [3.63, 3.8) is 0 Å². The molecule has 0 radical (unpaired) electrons. The second kappa shape index (κ2) is 7.45. The van der Waals surface area contributed by atoms with Crippen LogP contribution in [0, 0.1) is 20.2 Å². The number of nitrogens with one attached hydrogen (secondary N) is 1. The molecule has 0 fully saturated rings. The highest BCUT2D eigenvalue weighted by molar-refractivity contribution is 7.12. The van der Waals surface area contributed by atoms with Crippen molar-refractivity contribution in [3.05, 3.63) is 60.8 Å². The Morgan fingerprint density at radius 1 is 1.26 bits per heavy atom. The highest BCUT2D eigenvalue weighted by atomic mass is 32.1. The quantitative estimate of drug-likeness (QED) is 0.464. The van der Waals surface area contributed by atoms with Gasteiger partial charge in [0.1, 0.15) is 5.69 Å². The van der Waals surface area contributed by atoms with Crippen LogP contribution in [-0.2, 0) is 0 Å². The van der Waals surface area contributed by atoms with Crippen molar-refractivity contribution in [3.8, 4) is 0 Å². The van der Waals surface area contributed by atoms with E-state index in [1.54, 1.807) is 0 Å². The first-order valence-electron chi connectivity index (χ1n) is 6.82. The third-order valence-corrected chi connectivity index (χ3v) is 3.91. The predicted octanol–water partition coefficient (Wildman–Crippen LogP) is 4.18. The fourth-order valence-corrected chi connectivity index (χ4v) is 2.67. The molecule has 1 aromatic heterocycles. The number of nitrogens with zero attached hydrogens (tertiary/aromatic N) is 3. The summed E-state index contributed by atoms with van der Waals surface area (Å²) in [7, 11) is 0. The molecule has 120 valence electrons. The number of non-ortho nitro benzene ring substituents is 1. The van der Waals surface area contributed by atoms with Crippen LogP contribution in [-0.4, -0.2) is 15.6 Å². The molecule has 0 saturated heterocycles. The lowest BCUT2D eigenvalue weighted by molar-refractivity contribution is -0.393. The van der Waals surface area contributed by atoms with Gasteiger partial charge in [0, 0.05) is 6.07 Å². The third kappa shape index (κ3) is 4.10. The molecule has 0 atom stereocenters. The summed E-state index contributed by atoms with van der Waals surface area (Å²) < 4.78 is 0. The summed E-state index contributed by atoms with van der Waals surface area (Å²) in [4.78, 5) is 21.5. The predicted molar refractivity (Wildman–Crippen MR) is 89.1 cm³/mol. The first-order valence-corrected chi connectivity index (χ1v) is 7.70. The van der Waals surface area contributed by atoms with E-state index in [4.69, 9.17) is 0 Å². The molecule has 0 aliphatic carbocycles. The minimum Gasteiger partial charge on any atom is -0.271 e. The molecular formula is C14H14N4O4S. The second-order valence-corrected chi connectivity index (χ2v) is 5.56. The molecular weight excluding hydrogens is 320 g/mol. The fourth-order valence-electron chi connectivity index (χ4n) is 1.92. The van der Waals surface area contributed by atoms with E-state index in [-0.39, 0.29) is 17.1 Å². The Balaban J connectivity index is 2.32. The Labute approximate surface area is 135 Å². The van der Waals surface area contributed by atoms with Crippen molar-refractivity contribution in [1.82, 2.24) is 0 Å². The Kier molecular flexibility index (Phi) is 5.36. The van der Waals surface area contributed by atoms with Gasteiger partial charge in [-0.3, -0.25) is 25.7 Å². The zero-order valence-electron chi connectivity index (χ0n) is 12.3. The lowest BCUT2D eigenvalue weighted by Crippen LogP contribution is -2.04. The molecule has 23 heavy (non-hydrogen) atoms. The number of thiophene rings is 1. The van der Waals surface area contributed by atoms with Gasteiger partial charge in [-0.1, -0.05) is 19.4 Å². The van der Waals surface area contributed by atoms with Crippen molar-refractivity contribution >= 4 is 34.1 Å². The maximum Gasteiger partial charge on any atom is 0.301 e. The van der Waals surface area contributed by atoms with Gasteiger partial charge in [-0.05, 0) is 23.9 Å². The summed E-state index contributed by atoms with van der Waals surface area (Å²) in [5, 5.41) is 28.0. The van der Waals surface area contributed by atoms with Crippen LogP contribution in [0.5, 0.6) is 0 Å². The van der Waals surface area contributed by atoms with E-state index < -0.39 is 9.85 Å². The standard InChI is InChI=1S/C14H14N4O4S/c1-2-4-12(14-5-3-8-23-14)16-15-11-7-6-10(17(19)20)9-13(11)18(21)22/h3,5-9,15H,2,4H2,1H3. The normalized spacial score (nSPS) is 11.3. The smallest absolute Gasteiger partial charge is 0.271 e. The number of nitro groups is 2. The molecule has 0 unspecified atom stereocenters. The zero-order valence-corrected chi connectivity index (χ0v) is 13.1. The molecule has 8 nitrogen and oxygen atoms in total. The van der Waals surface area contributed by atoms with Gasteiger partial charge < -0.3 is 0 Å². The number of rotatable bonds is 7. The average molecular weight is 334 g/mol. The number of nitro benzene ring substituents is 2. The Morgan fingerprint density at radius 3 is 2.61 bits per heavy atom. The summed E-state index contributed by atoms with van der Waals surface area (Å²) >= 11 is 1.53. The van der Waals surface area contributed by atoms with E-state index in [0.29, 0.717) is 6.42 Å². The molecule has 0 bridgehead atoms. The van der Waals surface area contributed by atoms with Gasteiger partial charge in [-0.2, -0.15) is 5.10 Å². The van der Waals surface area contributed by atoms with Crippen LogP contribution in [0.25, 0.3) is 0 Å². The second-order valence-electron chi connectivity index (χ2n) is 4.61. The molecule has 0 amide bonds. The van der Waals surface area contributed by atoms with Gasteiger partial charge in [0.2, 0.25) is 0 Å². The number of hydrogen-bond donors (Lipinski definition) is 1. The first kappa shape index (κ1) is 16.6. The van der Waals surface area contributed by atoms with Crippen LogP contribution in [0.4, 0.5) is 17.1 Å². The van der Waals surface area contributed by atoms with Crippen LogP contribution < -0.4 is 5.43 Å². The largest absolute Gasteiger partial charge is 0.301 e. The van der Waals surface area contributed by atoms with Crippen molar-refractivity contribution in [1.29, 1.82) is 0 Å². The fraction of sp³-hybridized carbons (Fsp3) is 0.214. The van der Waals surface area contributed by atoms with Gasteiger partial charge in [0.25, 0.3) is 5.69 Å². The van der Waals surface area contributed by atoms with E-state index in [1.807, 2.05) is 24.4 Å². The molecule has 0 saturated carbocycles. The molecule has 1 aromatic carbocycles. The minimum absolute atomic E-state index is 0.116. The Bertz CT molecular complexity index is 743. The van der Waals surface area contributed by atoms with Crippen LogP contribution >= 0.6 is 11.3 Å². The summed E-state index contributed by atoms with van der Waals surface area (Å²) in [6, 6.07) is 7.24. The molecule has 0 aliphatic rings. The van der Waals surface area contributed by atoms with E-state index in [2.05, 4.69) is 10.5 Å². The summed E-state index contributed by atoms with van der Waals surface area (Å²) in [6.07, 6.45) is 1.59. The minimum atomic E-state index is -0.672. The molecule has 1 heterocycles. The van der Waals surface area contributed by atoms with Crippen molar-refractivity contribution in [2.75, 3.05) is 5.43 Å². The van der Waals surface area contributed by atoms with Crippen molar-refractivity contribution < 1.29 is 9.85 Å². The van der Waals surface area contributed by atoms with Crippen LogP contribution in [0.3, 0.4) is 0 Å². The molecule has 2 rings (SSSR count). The van der Waals surface area contributed by atoms with Crippen molar-refractivity contribution in [2.45, 2.75) is 19.8 Å². The number of hydrazone groups is 1. The van der Waals surface area contributed by atoms with E-state index >= 15 is 0 Å². The van der Waals surface area contributed by atoms with Crippen LogP contribution in [0.15, 0.2) is 40.8 Å². The molecule has 0 spiro atoms. The topological polar surface area (TPSA) is 111 Å². The van der Waals surface area contributed by atoms with Gasteiger partial charge >= 0.3 is 5.69 Å². The highest BCUT2D eigenvalue weighted by Gasteiger charge is 2.19. The highest BCUT2D eigenvalue weighted by Crippen LogP contribution is 2.29. The molecule has 1 N–H and O–H groups in total. The average Bonchev–Trinajstić information content (AvgIpc) is 3.05. The molecule has 9 heteroatoms. The van der Waals surface area contributed by atoms with E-state index in [9.17, 15) is 20.2 Å². The van der Waals surface area contributed by atoms with E-state index in [0.717, 1.165) is 23.1 Å². The molecule has 0 aliphatic heterocycles. The zero-order chi connectivity index (χ0) is 16.8. The Hall–Kier alpha value is -2.81. The van der Waals surface area contributed by atoms with Crippen LogP contribution in [0.1, 0.15) is 24.6 Å². The van der Waals surface area contributed by atoms with Gasteiger partial charge in [-0.15, -0.1) is 11.3 Å². The summed E-state index contributed by atoms with van der Waals surface area (Å²) in [5.74, 6) is 0. The van der Waals surface area contributed by atoms with Crippen LogP contribution in [0.2, 0.25) is 0 Å². The Morgan fingerprint density at radius 2 is 2.04 bits per heavy atom. The molecule has 2 aromatic rings. The van der Waals surface area contributed by atoms with Crippen molar-refractivity contribution in [2.24, 2.45) is 5.10 Å². The number of hydrogen-bond acceptors (Lipinski definition) is 7. The van der Waals surface area contributed by atoms with Gasteiger partial charge in [0.05, 0.1) is 26.5 Å². The summed E-state index contributed by atoms with van der Waals surface area (Å²) in [6.45, 7) is 2.01. The first-order chi connectivity index (χ1) is 11.0. The SMILES string of the molecule is CCCC(=NNc1ccc([N+](=O)[O-])cc1[N+](=O)[O-])c1cccs1. The summed E-state index contributed by atoms with van der Waals surface area (Å²) in [5.41, 5.74) is 2.85. The monoisotopic (exact) mass is 334 g/mol. The lowest BCUT2D eigenvalue weighted by atomic mass is 10.2. The maximum absolute atomic E-state index is 11.1. The number of benzene rings is 1. The lowest BCUT2D eigenvalue weighted by Gasteiger charge is -2.05. The number of anilines is 1. The van der Waals surface area contributed by atoms with E-state index in [1.165, 1.54) is 23.5 Å². The van der Waals surface area contributed by atoms with Gasteiger partial charge in [0.15, 0.2) is 0 Å². The van der Waals surface area contributed by atoms with Gasteiger partial charge in [-0.25, -0.2) is 0 Å². The maximum atomic E-state index is 11.1.